The normalized spacial score (nSPS) is 21.4. The second kappa shape index (κ2) is 7.65. The molecule has 2 aliphatic heterocycles. The van der Waals surface area contributed by atoms with E-state index >= 15 is 0 Å². The summed E-state index contributed by atoms with van der Waals surface area (Å²) in [6, 6.07) is 17.5. The molecule has 0 atom stereocenters. The minimum Gasteiger partial charge on any atom is -0.385 e. The number of likely N-dealkylation sites (tertiary alicyclic amines) is 1. The van der Waals surface area contributed by atoms with Crippen molar-refractivity contribution in [3.05, 3.63) is 65.2 Å². The third-order valence-corrected chi connectivity index (χ3v) is 6.83. The van der Waals surface area contributed by atoms with Crippen LogP contribution in [0.25, 0.3) is 0 Å². The first-order chi connectivity index (χ1) is 13.1. The second-order valence-corrected chi connectivity index (χ2v) is 8.37. The zero-order valence-electron chi connectivity index (χ0n) is 16.7. The van der Waals surface area contributed by atoms with Gasteiger partial charge < -0.3 is 14.9 Å². The van der Waals surface area contributed by atoms with Crippen molar-refractivity contribution in [3.63, 3.8) is 0 Å². The maximum Gasteiger partial charge on any atom is 0.0920 e. The van der Waals surface area contributed by atoms with E-state index in [-0.39, 0.29) is 0 Å². The van der Waals surface area contributed by atoms with E-state index < -0.39 is 5.60 Å². The number of anilines is 1. The molecular weight excluding hydrogens is 332 g/mol. The fourth-order valence-corrected chi connectivity index (χ4v) is 4.85. The first kappa shape index (κ1) is 18.5. The van der Waals surface area contributed by atoms with Crippen molar-refractivity contribution in [1.29, 1.82) is 0 Å². The average Bonchev–Trinajstić information content (AvgIpc) is 2.72. The molecule has 0 saturated carbocycles. The Bertz CT molecular complexity index is 757. The molecule has 0 amide bonds. The summed E-state index contributed by atoms with van der Waals surface area (Å²) in [6.07, 6.45) is 4.12. The summed E-state index contributed by atoms with van der Waals surface area (Å²) >= 11 is 0. The van der Waals surface area contributed by atoms with Gasteiger partial charge in [0.05, 0.1) is 5.60 Å². The molecule has 27 heavy (non-hydrogen) atoms. The molecule has 144 valence electrons. The molecule has 2 aliphatic rings. The summed E-state index contributed by atoms with van der Waals surface area (Å²) in [5, 5.41) is 11.1. The minimum atomic E-state index is -0.642. The molecule has 0 bridgehead atoms. The maximum atomic E-state index is 11.1. The van der Waals surface area contributed by atoms with E-state index in [9.17, 15) is 5.11 Å². The van der Waals surface area contributed by atoms with E-state index in [1.54, 1.807) is 0 Å². The predicted octanol–water partition coefficient (Wildman–Crippen LogP) is 4.26. The van der Waals surface area contributed by atoms with Crippen molar-refractivity contribution >= 4 is 5.69 Å². The van der Waals surface area contributed by atoms with Crippen molar-refractivity contribution in [2.24, 2.45) is 0 Å². The van der Waals surface area contributed by atoms with Gasteiger partial charge in [0.1, 0.15) is 0 Å². The Morgan fingerprint density at radius 2 is 1.52 bits per heavy atom. The third kappa shape index (κ3) is 3.76. The molecule has 0 aromatic heterocycles. The number of hydrogen-bond acceptors (Lipinski definition) is 3. The van der Waals surface area contributed by atoms with Gasteiger partial charge in [-0.15, -0.1) is 0 Å². The van der Waals surface area contributed by atoms with Gasteiger partial charge in [-0.2, -0.15) is 0 Å². The molecule has 0 radical (unpaired) electrons. The van der Waals surface area contributed by atoms with Crippen LogP contribution in [0.3, 0.4) is 0 Å². The number of rotatable bonds is 3. The Kier molecular flexibility index (Phi) is 5.25. The Balaban J connectivity index is 1.34. The number of aryl methyl sites for hydroxylation is 1. The molecule has 4 rings (SSSR count). The van der Waals surface area contributed by atoms with Gasteiger partial charge >= 0.3 is 0 Å². The van der Waals surface area contributed by atoms with Crippen LogP contribution in [-0.4, -0.2) is 42.2 Å². The number of benzene rings is 2. The molecule has 3 heteroatoms. The Morgan fingerprint density at radius 3 is 2.19 bits per heavy atom. The Hall–Kier alpha value is -1.84. The summed E-state index contributed by atoms with van der Waals surface area (Å²) in [7, 11) is 0. The first-order valence-electron chi connectivity index (χ1n) is 10.4. The summed E-state index contributed by atoms with van der Waals surface area (Å²) < 4.78 is 0. The van der Waals surface area contributed by atoms with Crippen molar-refractivity contribution in [1.82, 2.24) is 4.90 Å². The van der Waals surface area contributed by atoms with Crippen LogP contribution in [0.2, 0.25) is 0 Å². The standard InChI is InChI=1S/C24H32N2O/c1-19-7-6-10-23(20(19)2)26-15-11-22(12-16-26)25-17-13-24(27,14-18-25)21-8-4-3-5-9-21/h3-10,22,27H,11-18H2,1-2H3. The summed E-state index contributed by atoms with van der Waals surface area (Å²) in [4.78, 5) is 5.18. The lowest BCUT2D eigenvalue weighted by atomic mass is 9.83. The first-order valence-corrected chi connectivity index (χ1v) is 10.4. The van der Waals surface area contributed by atoms with Gasteiger partial charge in [0.15, 0.2) is 0 Å². The molecule has 2 fully saturated rings. The van der Waals surface area contributed by atoms with Crippen molar-refractivity contribution in [2.45, 2.75) is 51.2 Å². The highest BCUT2D eigenvalue weighted by atomic mass is 16.3. The van der Waals surface area contributed by atoms with E-state index in [0.717, 1.165) is 44.6 Å². The van der Waals surface area contributed by atoms with Gasteiger partial charge in [-0.3, -0.25) is 0 Å². The molecule has 2 saturated heterocycles. The third-order valence-electron chi connectivity index (χ3n) is 6.83. The van der Waals surface area contributed by atoms with Gasteiger partial charge in [0.25, 0.3) is 0 Å². The molecule has 1 N–H and O–H groups in total. The zero-order chi connectivity index (χ0) is 18.9. The quantitative estimate of drug-likeness (QED) is 0.882. The molecule has 2 aromatic rings. The highest BCUT2D eigenvalue weighted by Gasteiger charge is 2.36. The van der Waals surface area contributed by atoms with Gasteiger partial charge in [-0.25, -0.2) is 0 Å². The van der Waals surface area contributed by atoms with Crippen LogP contribution in [0.5, 0.6) is 0 Å². The Morgan fingerprint density at radius 1 is 0.852 bits per heavy atom. The molecule has 0 unspecified atom stereocenters. The van der Waals surface area contributed by atoms with Gasteiger partial charge in [-0.1, -0.05) is 42.5 Å². The fraction of sp³-hybridized carbons (Fsp3) is 0.500. The number of hydrogen-bond donors (Lipinski definition) is 1. The monoisotopic (exact) mass is 364 g/mol. The van der Waals surface area contributed by atoms with Crippen LogP contribution >= 0.6 is 0 Å². The van der Waals surface area contributed by atoms with Crippen LogP contribution in [-0.2, 0) is 5.60 Å². The number of aliphatic hydroxyl groups is 1. The van der Waals surface area contributed by atoms with E-state index in [1.807, 2.05) is 18.2 Å². The minimum absolute atomic E-state index is 0.642. The van der Waals surface area contributed by atoms with Crippen LogP contribution in [0.15, 0.2) is 48.5 Å². The van der Waals surface area contributed by atoms with Crippen molar-refractivity contribution < 1.29 is 5.11 Å². The lowest BCUT2D eigenvalue weighted by molar-refractivity contribution is -0.0379. The average molecular weight is 365 g/mol. The largest absolute Gasteiger partial charge is 0.385 e. The van der Waals surface area contributed by atoms with E-state index in [1.165, 1.54) is 29.7 Å². The van der Waals surface area contributed by atoms with Crippen molar-refractivity contribution in [2.75, 3.05) is 31.1 Å². The second-order valence-electron chi connectivity index (χ2n) is 8.37. The lowest BCUT2D eigenvalue weighted by Crippen LogP contribution is -2.50. The van der Waals surface area contributed by atoms with E-state index in [2.05, 4.69) is 54.0 Å². The SMILES string of the molecule is Cc1cccc(N2CCC(N3CCC(O)(c4ccccc4)CC3)CC2)c1C. The molecule has 0 spiro atoms. The van der Waals surface area contributed by atoms with Crippen LogP contribution in [0.1, 0.15) is 42.4 Å². The molecule has 2 heterocycles. The van der Waals surface area contributed by atoms with Crippen LogP contribution < -0.4 is 4.90 Å². The topological polar surface area (TPSA) is 26.7 Å². The smallest absolute Gasteiger partial charge is 0.0920 e. The Labute approximate surface area is 163 Å². The van der Waals surface area contributed by atoms with E-state index in [4.69, 9.17) is 0 Å². The molecule has 3 nitrogen and oxygen atoms in total. The predicted molar refractivity (Wildman–Crippen MR) is 112 cm³/mol. The highest BCUT2D eigenvalue weighted by Crippen LogP contribution is 2.35. The fourth-order valence-electron chi connectivity index (χ4n) is 4.85. The van der Waals surface area contributed by atoms with Gasteiger partial charge in [0.2, 0.25) is 0 Å². The number of nitrogens with zero attached hydrogens (tertiary/aromatic N) is 2. The van der Waals surface area contributed by atoms with Gasteiger partial charge in [-0.05, 0) is 62.3 Å². The van der Waals surface area contributed by atoms with Gasteiger partial charge in [0, 0.05) is 37.9 Å². The summed E-state index contributed by atoms with van der Waals surface area (Å²) in [5.74, 6) is 0. The summed E-state index contributed by atoms with van der Waals surface area (Å²) in [5.41, 5.74) is 4.64. The summed E-state index contributed by atoms with van der Waals surface area (Å²) in [6.45, 7) is 8.71. The zero-order valence-corrected chi connectivity index (χ0v) is 16.7. The van der Waals surface area contributed by atoms with Crippen LogP contribution in [0.4, 0.5) is 5.69 Å². The highest BCUT2D eigenvalue weighted by molar-refractivity contribution is 5.56. The molecular formula is C24H32N2O. The lowest BCUT2D eigenvalue weighted by Gasteiger charge is -2.45. The van der Waals surface area contributed by atoms with E-state index in [0.29, 0.717) is 6.04 Å². The van der Waals surface area contributed by atoms with Crippen LogP contribution in [0, 0.1) is 13.8 Å². The molecule has 2 aromatic carbocycles. The molecule has 0 aliphatic carbocycles. The maximum absolute atomic E-state index is 11.1. The number of piperidine rings is 2. The van der Waals surface area contributed by atoms with Crippen molar-refractivity contribution in [3.8, 4) is 0 Å².